The first-order valence-corrected chi connectivity index (χ1v) is 6.39. The normalized spacial score (nSPS) is 17.5. The Kier molecular flexibility index (Phi) is 3.64. The third-order valence-corrected chi connectivity index (χ3v) is 2.99. The Hall–Kier alpha value is -1.79. The van der Waals surface area contributed by atoms with Crippen molar-refractivity contribution in [2.45, 2.75) is 45.1 Å². The molecule has 0 radical (unpaired) electrons. The molecule has 2 rings (SSSR count). The van der Waals surface area contributed by atoms with Gasteiger partial charge in [-0.15, -0.1) is 0 Å². The molecule has 1 aliphatic rings. The number of hydrogen-bond donors (Lipinski definition) is 1. The first kappa shape index (κ1) is 13.6. The molecule has 1 N–H and O–H groups in total. The van der Waals surface area contributed by atoms with Crippen molar-refractivity contribution >= 4 is 6.09 Å². The fourth-order valence-electron chi connectivity index (χ4n) is 2.08. The quantitative estimate of drug-likeness (QED) is 0.834. The topological polar surface area (TPSA) is 88.4 Å². The number of carbonyl (C=O) groups excluding carboxylic acids is 1. The van der Waals surface area contributed by atoms with Crippen LogP contribution in [0.15, 0.2) is 9.32 Å². The van der Waals surface area contributed by atoms with Crippen molar-refractivity contribution in [3.63, 3.8) is 0 Å². The van der Waals surface area contributed by atoms with Crippen LogP contribution in [0.4, 0.5) is 4.79 Å². The van der Waals surface area contributed by atoms with Gasteiger partial charge in [0, 0.05) is 19.0 Å². The van der Waals surface area contributed by atoms with Crippen LogP contribution < -0.4 is 5.76 Å². The fraction of sp³-hybridized carbons (Fsp3) is 0.750. The van der Waals surface area contributed by atoms with Gasteiger partial charge in [0.2, 0.25) is 0 Å². The van der Waals surface area contributed by atoms with E-state index in [1.54, 1.807) is 4.90 Å². The van der Waals surface area contributed by atoms with Crippen molar-refractivity contribution in [3.05, 3.63) is 16.4 Å². The second-order valence-corrected chi connectivity index (χ2v) is 5.72. The summed E-state index contributed by atoms with van der Waals surface area (Å²) in [4.78, 5) is 27.0. The van der Waals surface area contributed by atoms with Gasteiger partial charge in [-0.1, -0.05) is 5.16 Å². The van der Waals surface area contributed by atoms with Crippen molar-refractivity contribution in [1.29, 1.82) is 0 Å². The molecule has 0 spiro atoms. The smallest absolute Gasteiger partial charge is 0.438 e. The van der Waals surface area contributed by atoms with Crippen molar-refractivity contribution in [3.8, 4) is 0 Å². The third-order valence-electron chi connectivity index (χ3n) is 2.99. The minimum Gasteiger partial charge on any atom is -0.444 e. The van der Waals surface area contributed by atoms with Crippen LogP contribution in [0.5, 0.6) is 0 Å². The number of rotatable bonds is 1. The van der Waals surface area contributed by atoms with E-state index < -0.39 is 11.4 Å². The van der Waals surface area contributed by atoms with Crippen LogP contribution in [-0.2, 0) is 4.74 Å². The van der Waals surface area contributed by atoms with E-state index in [9.17, 15) is 9.59 Å². The van der Waals surface area contributed by atoms with E-state index in [0.717, 1.165) is 12.8 Å². The molecule has 1 aliphatic heterocycles. The standard InChI is InChI=1S/C12H19N3O4/c1-12(2,3)18-11(17)15-6-4-8(5-7-15)9-13-10(16)19-14-9/h8H,4-7H2,1-3H3,(H,13,14,16). The average Bonchev–Trinajstić information content (AvgIpc) is 2.74. The van der Waals surface area contributed by atoms with Gasteiger partial charge >= 0.3 is 11.8 Å². The van der Waals surface area contributed by atoms with E-state index in [1.165, 1.54) is 0 Å². The van der Waals surface area contributed by atoms with Gasteiger partial charge < -0.3 is 9.64 Å². The lowest BCUT2D eigenvalue weighted by atomic mass is 9.96. The number of H-pyrrole nitrogens is 1. The maximum Gasteiger partial charge on any atom is 0.438 e. The molecule has 19 heavy (non-hydrogen) atoms. The highest BCUT2D eigenvalue weighted by molar-refractivity contribution is 5.68. The minimum absolute atomic E-state index is 0.130. The van der Waals surface area contributed by atoms with E-state index in [-0.39, 0.29) is 12.0 Å². The molecule has 0 aromatic carbocycles. The molecule has 0 aliphatic carbocycles. The summed E-state index contributed by atoms with van der Waals surface area (Å²) in [7, 11) is 0. The van der Waals surface area contributed by atoms with Crippen LogP contribution in [0.3, 0.4) is 0 Å². The number of nitrogens with zero attached hydrogens (tertiary/aromatic N) is 2. The Morgan fingerprint density at radius 1 is 1.42 bits per heavy atom. The van der Waals surface area contributed by atoms with Crippen LogP contribution in [-0.4, -0.2) is 39.8 Å². The Balaban J connectivity index is 1.89. The summed E-state index contributed by atoms with van der Waals surface area (Å²) in [6.45, 7) is 6.72. The van der Waals surface area contributed by atoms with Gasteiger partial charge in [0.15, 0.2) is 5.82 Å². The van der Waals surface area contributed by atoms with Crippen LogP contribution in [0.1, 0.15) is 45.4 Å². The number of nitrogens with one attached hydrogen (secondary N) is 1. The maximum absolute atomic E-state index is 11.9. The van der Waals surface area contributed by atoms with E-state index >= 15 is 0 Å². The molecule has 0 atom stereocenters. The molecular formula is C12H19N3O4. The van der Waals surface area contributed by atoms with E-state index in [4.69, 9.17) is 4.74 Å². The number of likely N-dealkylation sites (tertiary alicyclic amines) is 1. The van der Waals surface area contributed by atoms with E-state index in [1.807, 2.05) is 20.8 Å². The lowest BCUT2D eigenvalue weighted by Crippen LogP contribution is -2.41. The molecule has 0 unspecified atom stereocenters. The first-order valence-electron chi connectivity index (χ1n) is 6.39. The molecular weight excluding hydrogens is 250 g/mol. The zero-order valence-electron chi connectivity index (χ0n) is 11.4. The van der Waals surface area contributed by atoms with Gasteiger partial charge in [-0.25, -0.2) is 9.59 Å². The molecule has 106 valence electrons. The van der Waals surface area contributed by atoms with Gasteiger partial charge in [0.1, 0.15) is 5.60 Å². The second-order valence-electron chi connectivity index (χ2n) is 5.72. The van der Waals surface area contributed by atoms with Crippen molar-refractivity contribution in [2.75, 3.05) is 13.1 Å². The lowest BCUT2D eigenvalue weighted by Gasteiger charge is -2.32. The molecule has 0 saturated carbocycles. The Labute approximate surface area is 110 Å². The molecule has 1 aromatic rings. The molecule has 0 bridgehead atoms. The van der Waals surface area contributed by atoms with Gasteiger partial charge in [-0.3, -0.25) is 9.51 Å². The number of aromatic nitrogens is 2. The van der Waals surface area contributed by atoms with Crippen LogP contribution >= 0.6 is 0 Å². The number of hydrogen-bond acceptors (Lipinski definition) is 5. The molecule has 1 fully saturated rings. The van der Waals surface area contributed by atoms with Gasteiger partial charge in [0.25, 0.3) is 0 Å². The van der Waals surface area contributed by atoms with Gasteiger partial charge in [-0.2, -0.15) is 0 Å². The summed E-state index contributed by atoms with van der Waals surface area (Å²) in [5, 5.41) is 3.69. The highest BCUT2D eigenvalue weighted by Gasteiger charge is 2.28. The predicted octanol–water partition coefficient (Wildman–Crippen LogP) is 1.48. The third kappa shape index (κ3) is 3.59. The summed E-state index contributed by atoms with van der Waals surface area (Å²) in [6, 6.07) is 0. The Morgan fingerprint density at radius 3 is 2.53 bits per heavy atom. The zero-order valence-corrected chi connectivity index (χ0v) is 11.4. The summed E-state index contributed by atoms with van der Waals surface area (Å²) in [5.74, 6) is 0.156. The highest BCUT2D eigenvalue weighted by atomic mass is 16.6. The lowest BCUT2D eigenvalue weighted by molar-refractivity contribution is 0.0203. The monoisotopic (exact) mass is 269 g/mol. The number of piperidine rings is 1. The largest absolute Gasteiger partial charge is 0.444 e. The molecule has 7 heteroatoms. The molecule has 1 saturated heterocycles. The Bertz CT molecular complexity index is 492. The number of aromatic amines is 1. The summed E-state index contributed by atoms with van der Waals surface area (Å²) in [5.41, 5.74) is -0.481. The molecule has 2 heterocycles. The average molecular weight is 269 g/mol. The van der Waals surface area contributed by atoms with E-state index in [0.29, 0.717) is 18.9 Å². The van der Waals surface area contributed by atoms with Crippen LogP contribution in [0.25, 0.3) is 0 Å². The second kappa shape index (κ2) is 5.07. The van der Waals surface area contributed by atoms with Crippen LogP contribution in [0, 0.1) is 0 Å². The number of amides is 1. The fourth-order valence-corrected chi connectivity index (χ4v) is 2.08. The first-order chi connectivity index (χ1) is 8.85. The summed E-state index contributed by atoms with van der Waals surface area (Å²) < 4.78 is 9.81. The SMILES string of the molecule is CC(C)(C)OC(=O)N1CCC(c2noc(=O)[nH]2)CC1. The van der Waals surface area contributed by atoms with Crippen LogP contribution in [0.2, 0.25) is 0 Å². The van der Waals surface area contributed by atoms with E-state index in [2.05, 4.69) is 14.7 Å². The predicted molar refractivity (Wildman–Crippen MR) is 66.9 cm³/mol. The number of carbonyl (C=O) groups is 1. The highest BCUT2D eigenvalue weighted by Crippen LogP contribution is 2.25. The molecule has 1 amide bonds. The Morgan fingerprint density at radius 2 is 2.05 bits per heavy atom. The van der Waals surface area contributed by atoms with Crippen molar-refractivity contribution in [1.82, 2.24) is 15.0 Å². The van der Waals surface area contributed by atoms with Gasteiger partial charge in [-0.05, 0) is 33.6 Å². The maximum atomic E-state index is 11.9. The molecule has 7 nitrogen and oxygen atoms in total. The molecule has 1 aromatic heterocycles. The van der Waals surface area contributed by atoms with Crippen molar-refractivity contribution in [2.24, 2.45) is 0 Å². The summed E-state index contributed by atoms with van der Waals surface area (Å²) >= 11 is 0. The van der Waals surface area contributed by atoms with Crippen molar-refractivity contribution < 1.29 is 14.1 Å². The summed E-state index contributed by atoms with van der Waals surface area (Å²) in [6.07, 6.45) is 1.18. The van der Waals surface area contributed by atoms with Gasteiger partial charge in [0.05, 0.1) is 0 Å². The number of ether oxygens (including phenoxy) is 1. The zero-order chi connectivity index (χ0) is 14.0. The minimum atomic E-state index is -0.537.